The van der Waals surface area contributed by atoms with Crippen LogP contribution in [0.2, 0.25) is 0 Å². The Hall–Kier alpha value is 4.55. The van der Waals surface area contributed by atoms with Crippen LogP contribution in [0.5, 0.6) is 0 Å². The molecule has 0 saturated carbocycles. The normalized spacial score (nSPS) is 0.500. The van der Waals surface area contributed by atoms with Gasteiger partial charge in [0.15, 0.2) is 0 Å². The van der Waals surface area contributed by atoms with Crippen molar-refractivity contribution < 1.29 is 110 Å². The first kappa shape index (κ1) is 31.2. The molecule has 1 radical (unpaired) electrons. The molecule has 0 rings (SSSR count). The van der Waals surface area contributed by atoms with E-state index >= 15 is 0 Å². The zero-order valence-electron chi connectivity index (χ0n) is 5.40. The summed E-state index contributed by atoms with van der Waals surface area (Å²) in [6.07, 6.45) is 0. The summed E-state index contributed by atoms with van der Waals surface area (Å²) in [5.41, 5.74) is 0. The summed E-state index contributed by atoms with van der Waals surface area (Å²) in [6, 6.07) is 0. The maximum absolute atomic E-state index is 8.28. The molecule has 0 aromatic carbocycles. The van der Waals surface area contributed by atoms with Crippen molar-refractivity contribution >= 4 is 39.3 Å². The summed E-state index contributed by atoms with van der Waals surface area (Å²) >= 11 is 0.611. The Morgan fingerprint density at radius 3 is 1.33 bits per heavy atom. The summed E-state index contributed by atoms with van der Waals surface area (Å²) in [6.45, 7) is 0. The van der Waals surface area contributed by atoms with E-state index in [1.165, 1.54) is 0 Å². The second-order valence-electron chi connectivity index (χ2n) is 0. The minimum absolute atomic E-state index is 0. The van der Waals surface area contributed by atoms with E-state index in [0.29, 0.717) is 16.2 Å². The molecule has 0 heterocycles. The van der Waals surface area contributed by atoms with Gasteiger partial charge in [-0.05, 0) is 0 Å². The smallest absolute Gasteiger partial charge is 0 e. The molecule has 0 saturated heterocycles. The first-order chi connectivity index (χ1) is 1.00. The van der Waals surface area contributed by atoms with Crippen molar-refractivity contribution in [1.29, 1.82) is 0 Å². The second kappa shape index (κ2) is 33.7. The third-order valence-electron chi connectivity index (χ3n) is 0. The average molecular weight is 441 g/mol. The topological polar surface area (TPSA) is 17.1 Å². The molecule has 0 bridgehead atoms. The quantitative estimate of drug-likeness (QED) is 0.445. The first-order valence-corrected chi connectivity index (χ1v) is 0.866. The van der Waals surface area contributed by atoms with Crippen molar-refractivity contribution in [1.82, 2.24) is 0 Å². The maximum atomic E-state index is 8.28. The Kier molecular flexibility index (Phi) is 175. The van der Waals surface area contributed by atoms with Gasteiger partial charge in [0.2, 0.25) is 0 Å². The molecule has 0 aliphatic rings. The SMILES string of the molecule is [Ce].[H-].[H-].[La].[Mg+2].[O]=[AlH].[Zr]. The monoisotopic (exact) mass is 439 g/mol. The molecule has 0 aromatic rings. The van der Waals surface area contributed by atoms with Crippen LogP contribution in [0.4, 0.5) is 0 Å². The van der Waals surface area contributed by atoms with Gasteiger partial charge in [-0.3, -0.25) is 0 Å². The van der Waals surface area contributed by atoms with E-state index in [9.17, 15) is 0 Å². The molecule has 0 aliphatic heterocycles. The number of rotatable bonds is 0. The molecule has 0 unspecified atom stereocenters. The maximum Gasteiger partial charge on any atom is 0 e. The molecule has 0 amide bonds. The molecule has 6 heteroatoms. The van der Waals surface area contributed by atoms with Crippen LogP contribution < -0.4 is 0 Å². The fourth-order valence-electron chi connectivity index (χ4n) is 0. The van der Waals surface area contributed by atoms with Gasteiger partial charge in [0.05, 0.1) is 0 Å². The summed E-state index contributed by atoms with van der Waals surface area (Å²) in [5, 5.41) is 0. The summed E-state index contributed by atoms with van der Waals surface area (Å²) < 4.78 is 8.28. The van der Waals surface area contributed by atoms with Gasteiger partial charge in [-0.1, -0.05) is 0 Å². The van der Waals surface area contributed by atoms with E-state index in [-0.39, 0.29) is 129 Å². The van der Waals surface area contributed by atoms with Crippen LogP contribution in [0.1, 0.15) is 2.85 Å². The second-order valence-corrected chi connectivity index (χ2v) is 0. The molecule has 0 spiro atoms. The molecular formula is H3AlCeLaMgOZr. The van der Waals surface area contributed by atoms with Crippen LogP contribution in [0.25, 0.3) is 0 Å². The van der Waals surface area contributed by atoms with Crippen LogP contribution in [0, 0.1) is 77.3 Å². The zero-order chi connectivity index (χ0) is 2.00. The molecule has 0 aliphatic carbocycles. The Morgan fingerprint density at radius 2 is 1.33 bits per heavy atom. The largest absolute Gasteiger partial charge is 0 e. The first-order valence-electron chi connectivity index (χ1n) is 0.289. The van der Waals surface area contributed by atoms with Crippen molar-refractivity contribution in [2.45, 2.75) is 0 Å². The van der Waals surface area contributed by atoms with Crippen LogP contribution in [-0.4, -0.2) is 39.3 Å². The van der Waals surface area contributed by atoms with Gasteiger partial charge in [-0.15, -0.1) is 0 Å². The van der Waals surface area contributed by atoms with Crippen LogP contribution in [0.3, 0.4) is 0 Å². The average Bonchev–Trinajstić information content (AvgIpc) is 1.00. The van der Waals surface area contributed by atoms with Crippen molar-refractivity contribution in [2.24, 2.45) is 0 Å². The van der Waals surface area contributed by atoms with Crippen molar-refractivity contribution in [3.8, 4) is 0 Å². The molecule has 0 aromatic heterocycles. The molecule has 25 valence electrons. The fourth-order valence-corrected chi connectivity index (χ4v) is 0. The molecular weight excluding hydrogens is 438 g/mol. The van der Waals surface area contributed by atoms with Gasteiger partial charge < -0.3 is 2.85 Å². The van der Waals surface area contributed by atoms with Gasteiger partial charge in [0.1, 0.15) is 0 Å². The van der Waals surface area contributed by atoms with Gasteiger partial charge >= 0.3 is 43.1 Å². The summed E-state index contributed by atoms with van der Waals surface area (Å²) in [4.78, 5) is 0. The molecule has 0 N–H and O–H groups in total. The molecule has 6 heavy (non-hydrogen) atoms. The third kappa shape index (κ3) is 23.5. The Balaban J connectivity index is -0.000000000333. The van der Waals surface area contributed by atoms with Gasteiger partial charge in [0.25, 0.3) is 0 Å². The Bertz CT molecular complexity index is 22.0. The number of hydrogen-bond acceptors (Lipinski definition) is 1. The van der Waals surface area contributed by atoms with Gasteiger partial charge in [-0.2, -0.15) is 0 Å². The van der Waals surface area contributed by atoms with E-state index < -0.39 is 0 Å². The molecule has 0 fully saturated rings. The summed E-state index contributed by atoms with van der Waals surface area (Å²) in [7, 11) is 0. The third-order valence-corrected chi connectivity index (χ3v) is 0. The Labute approximate surface area is 145 Å². The van der Waals surface area contributed by atoms with E-state index in [0.717, 1.165) is 0 Å². The minimum atomic E-state index is 0. The van der Waals surface area contributed by atoms with Crippen LogP contribution in [0.15, 0.2) is 0 Å². The minimum Gasteiger partial charge on any atom is 0 e. The number of hydrogen-bond donors (Lipinski definition) is 0. The van der Waals surface area contributed by atoms with E-state index in [2.05, 4.69) is 0 Å². The van der Waals surface area contributed by atoms with Crippen molar-refractivity contribution in [3.05, 3.63) is 0 Å². The van der Waals surface area contributed by atoms with Crippen LogP contribution >= 0.6 is 0 Å². The van der Waals surface area contributed by atoms with E-state index in [4.69, 9.17) is 3.80 Å². The standard InChI is InChI=1S/Al.Ce.La.Mg.O.Zr.3H/q;;;+2;;;;2*-1. The van der Waals surface area contributed by atoms with Crippen LogP contribution in [-0.2, 0) is 30.0 Å². The van der Waals surface area contributed by atoms with Gasteiger partial charge in [-0.25, -0.2) is 0 Å². The predicted molar refractivity (Wildman–Crippen MR) is 15.8 cm³/mol. The van der Waals surface area contributed by atoms with Crippen molar-refractivity contribution in [2.75, 3.05) is 0 Å². The van der Waals surface area contributed by atoms with E-state index in [1.54, 1.807) is 0 Å². The predicted octanol–water partition coefficient (Wildman–Crippen LogP) is -0.926. The van der Waals surface area contributed by atoms with E-state index in [1.807, 2.05) is 0 Å². The zero-order valence-corrected chi connectivity index (χ0v) is 15.5. The molecule has 1 nitrogen and oxygen atoms in total. The van der Waals surface area contributed by atoms with Crippen molar-refractivity contribution in [3.63, 3.8) is 0 Å². The van der Waals surface area contributed by atoms with Gasteiger partial charge in [0, 0.05) is 104 Å². The summed E-state index contributed by atoms with van der Waals surface area (Å²) in [5.74, 6) is 0. The Morgan fingerprint density at radius 1 is 1.33 bits per heavy atom. The fraction of sp³-hybridized carbons (Fsp3) is 0. The molecule has 0 atom stereocenters.